The molecule has 4 rings (SSSR count). The number of amides is 2. The molecule has 0 aliphatic carbocycles. The molecule has 2 amide bonds. The number of aromatic amines is 2. The van der Waals surface area contributed by atoms with Gasteiger partial charge in [-0.25, -0.2) is 4.79 Å². The smallest absolute Gasteiger partial charge is 0.340 e. The molecular weight excluding hydrogens is 444 g/mol. The van der Waals surface area contributed by atoms with Crippen molar-refractivity contribution in [3.05, 3.63) is 58.0 Å². The van der Waals surface area contributed by atoms with E-state index in [0.29, 0.717) is 42.1 Å². The van der Waals surface area contributed by atoms with Crippen molar-refractivity contribution in [3.8, 4) is 0 Å². The van der Waals surface area contributed by atoms with Crippen molar-refractivity contribution in [1.29, 1.82) is 0 Å². The van der Waals surface area contributed by atoms with Crippen molar-refractivity contribution in [2.24, 2.45) is 5.92 Å². The van der Waals surface area contributed by atoms with E-state index in [2.05, 4.69) is 40.4 Å². The van der Waals surface area contributed by atoms with Crippen molar-refractivity contribution in [2.45, 2.75) is 47.0 Å². The highest BCUT2D eigenvalue weighted by Gasteiger charge is 2.31. The summed E-state index contributed by atoms with van der Waals surface area (Å²) >= 11 is 0. The molecule has 186 valence electrons. The standard InChI is InChI=1S/C27H34N4O4/c1-5-35-27(34)23-17(3)24(30-18(23)4)26(33)31-12-6-7-20(15-31)25(32)28-11-10-19-14-29-22-9-8-16(2)13-21(19)22/h8-9,13-14,20,29-30H,5-7,10-12,15H2,1-4H3,(H,28,32). The zero-order valence-electron chi connectivity index (χ0n) is 20.9. The Bertz CT molecular complexity index is 1260. The number of benzene rings is 1. The SMILES string of the molecule is CCOC(=O)c1c(C)[nH]c(C(=O)N2CCCC(C(=O)NCCc3c[nH]c4ccc(C)cc34)C2)c1C. The van der Waals surface area contributed by atoms with Gasteiger partial charge in [-0.1, -0.05) is 11.6 Å². The van der Waals surface area contributed by atoms with E-state index in [0.717, 1.165) is 24.8 Å². The largest absolute Gasteiger partial charge is 0.462 e. The molecule has 1 aliphatic heterocycles. The predicted octanol–water partition coefficient (Wildman–Crippen LogP) is 3.81. The second-order valence-corrected chi connectivity index (χ2v) is 9.34. The molecule has 8 heteroatoms. The minimum atomic E-state index is -0.431. The summed E-state index contributed by atoms with van der Waals surface area (Å²) in [5.41, 5.74) is 5.49. The lowest BCUT2D eigenvalue weighted by atomic mass is 9.96. The second kappa shape index (κ2) is 10.4. The van der Waals surface area contributed by atoms with E-state index in [1.807, 2.05) is 6.20 Å². The number of carbonyl (C=O) groups excluding carboxylic acids is 3. The number of carbonyl (C=O) groups is 3. The van der Waals surface area contributed by atoms with Crippen LogP contribution in [0.25, 0.3) is 10.9 Å². The summed E-state index contributed by atoms with van der Waals surface area (Å²) in [4.78, 5) is 46.5. The minimum absolute atomic E-state index is 0.0230. The van der Waals surface area contributed by atoms with Gasteiger partial charge < -0.3 is 24.9 Å². The summed E-state index contributed by atoms with van der Waals surface area (Å²) in [5.74, 6) is -0.893. The number of H-pyrrole nitrogens is 2. The summed E-state index contributed by atoms with van der Waals surface area (Å²) in [6.07, 6.45) is 4.25. The highest BCUT2D eigenvalue weighted by atomic mass is 16.5. The van der Waals surface area contributed by atoms with Crippen molar-refractivity contribution in [3.63, 3.8) is 0 Å². The number of aromatic nitrogens is 2. The van der Waals surface area contributed by atoms with E-state index >= 15 is 0 Å². The molecule has 0 bridgehead atoms. The van der Waals surface area contributed by atoms with Gasteiger partial charge in [0.05, 0.1) is 18.1 Å². The molecule has 2 aromatic heterocycles. The molecule has 1 fully saturated rings. The molecule has 0 saturated carbocycles. The average Bonchev–Trinajstić information content (AvgIpc) is 3.38. The molecule has 8 nitrogen and oxygen atoms in total. The van der Waals surface area contributed by atoms with Crippen molar-refractivity contribution < 1.29 is 19.1 Å². The van der Waals surface area contributed by atoms with Crippen LogP contribution in [0.4, 0.5) is 0 Å². The number of hydrogen-bond acceptors (Lipinski definition) is 4. The van der Waals surface area contributed by atoms with Gasteiger partial charge in [0, 0.05) is 42.4 Å². The molecule has 1 atom stereocenters. The van der Waals surface area contributed by atoms with Crippen LogP contribution in [-0.4, -0.2) is 58.9 Å². The summed E-state index contributed by atoms with van der Waals surface area (Å²) in [7, 11) is 0. The van der Waals surface area contributed by atoms with Crippen molar-refractivity contribution in [2.75, 3.05) is 26.2 Å². The average molecular weight is 479 g/mol. The monoisotopic (exact) mass is 478 g/mol. The van der Waals surface area contributed by atoms with Crippen molar-refractivity contribution >= 4 is 28.7 Å². The Balaban J connectivity index is 1.36. The van der Waals surface area contributed by atoms with Gasteiger partial charge in [-0.05, 0) is 70.2 Å². The number of fused-ring (bicyclic) bond motifs is 1. The molecule has 1 aliphatic rings. The molecule has 3 aromatic rings. The van der Waals surface area contributed by atoms with Gasteiger partial charge in [-0.15, -0.1) is 0 Å². The van der Waals surface area contributed by atoms with Gasteiger partial charge in [-0.2, -0.15) is 0 Å². The Morgan fingerprint density at radius 2 is 2.00 bits per heavy atom. The molecule has 35 heavy (non-hydrogen) atoms. The number of likely N-dealkylation sites (tertiary alicyclic amines) is 1. The van der Waals surface area contributed by atoms with Gasteiger partial charge in [0.2, 0.25) is 5.91 Å². The van der Waals surface area contributed by atoms with Gasteiger partial charge >= 0.3 is 5.97 Å². The number of nitrogens with zero attached hydrogens (tertiary/aromatic N) is 1. The topological polar surface area (TPSA) is 107 Å². The van der Waals surface area contributed by atoms with Crippen molar-refractivity contribution in [1.82, 2.24) is 20.2 Å². The van der Waals surface area contributed by atoms with Crippen LogP contribution in [0.5, 0.6) is 0 Å². The highest BCUT2D eigenvalue weighted by Crippen LogP contribution is 2.24. The Morgan fingerprint density at radius 1 is 1.20 bits per heavy atom. The van der Waals surface area contributed by atoms with Gasteiger partial charge in [0.15, 0.2) is 0 Å². The maximum atomic E-state index is 13.3. The lowest BCUT2D eigenvalue weighted by Gasteiger charge is -2.32. The molecule has 1 unspecified atom stereocenters. The number of ether oxygens (including phenoxy) is 1. The maximum absolute atomic E-state index is 13.3. The third-order valence-corrected chi connectivity index (χ3v) is 6.83. The quantitative estimate of drug-likeness (QED) is 0.449. The van der Waals surface area contributed by atoms with E-state index in [9.17, 15) is 14.4 Å². The summed E-state index contributed by atoms with van der Waals surface area (Å²) in [5, 5.41) is 4.25. The lowest BCUT2D eigenvalue weighted by molar-refractivity contribution is -0.126. The number of piperidine rings is 1. The Morgan fingerprint density at radius 3 is 2.77 bits per heavy atom. The first-order chi connectivity index (χ1) is 16.8. The summed E-state index contributed by atoms with van der Waals surface area (Å²) in [6.45, 7) is 9.11. The molecule has 3 heterocycles. The maximum Gasteiger partial charge on any atom is 0.340 e. The number of esters is 1. The normalized spacial score (nSPS) is 15.9. The Kier molecular flexibility index (Phi) is 7.28. The molecule has 0 spiro atoms. The van der Waals surface area contributed by atoms with E-state index in [-0.39, 0.29) is 24.3 Å². The fraction of sp³-hybridized carbons (Fsp3) is 0.444. The highest BCUT2D eigenvalue weighted by molar-refractivity contribution is 6.00. The zero-order chi connectivity index (χ0) is 25.1. The third kappa shape index (κ3) is 5.11. The van der Waals surface area contributed by atoms with Crippen LogP contribution in [0.1, 0.15) is 63.0 Å². The first-order valence-electron chi connectivity index (χ1n) is 12.3. The van der Waals surface area contributed by atoms with Crippen LogP contribution in [0.15, 0.2) is 24.4 Å². The third-order valence-electron chi connectivity index (χ3n) is 6.83. The number of rotatable bonds is 7. The van der Waals surface area contributed by atoms with Crippen LogP contribution in [0.3, 0.4) is 0 Å². The Hall–Kier alpha value is -3.55. The number of hydrogen-bond donors (Lipinski definition) is 3. The summed E-state index contributed by atoms with van der Waals surface area (Å²) in [6, 6.07) is 6.31. The summed E-state index contributed by atoms with van der Waals surface area (Å²) < 4.78 is 5.13. The second-order valence-electron chi connectivity index (χ2n) is 9.34. The van der Waals surface area contributed by atoms with Crippen LogP contribution < -0.4 is 5.32 Å². The van der Waals surface area contributed by atoms with E-state index in [1.54, 1.807) is 25.7 Å². The van der Waals surface area contributed by atoms with E-state index in [1.165, 1.54) is 16.5 Å². The zero-order valence-corrected chi connectivity index (χ0v) is 20.9. The minimum Gasteiger partial charge on any atom is -0.462 e. The molecule has 0 radical (unpaired) electrons. The predicted molar refractivity (Wildman–Crippen MR) is 135 cm³/mol. The van der Waals surface area contributed by atoms with Crippen LogP contribution in [-0.2, 0) is 16.0 Å². The molecule has 1 saturated heterocycles. The number of nitrogens with one attached hydrogen (secondary N) is 3. The first kappa shape index (κ1) is 24.6. The fourth-order valence-corrected chi connectivity index (χ4v) is 4.97. The van der Waals surface area contributed by atoms with Gasteiger partial charge in [0.25, 0.3) is 5.91 Å². The van der Waals surface area contributed by atoms with Gasteiger partial charge in [-0.3, -0.25) is 9.59 Å². The molecule has 3 N–H and O–H groups in total. The fourth-order valence-electron chi connectivity index (χ4n) is 4.97. The molecule has 1 aromatic carbocycles. The van der Waals surface area contributed by atoms with Crippen LogP contribution >= 0.6 is 0 Å². The molecular formula is C27H34N4O4. The van der Waals surface area contributed by atoms with Crippen LogP contribution in [0.2, 0.25) is 0 Å². The lowest BCUT2D eigenvalue weighted by Crippen LogP contribution is -2.46. The van der Waals surface area contributed by atoms with E-state index < -0.39 is 5.97 Å². The van der Waals surface area contributed by atoms with Gasteiger partial charge in [0.1, 0.15) is 5.69 Å². The Labute approximate surface area is 205 Å². The number of aryl methyl sites for hydroxylation is 2. The van der Waals surface area contributed by atoms with Crippen LogP contribution in [0, 0.1) is 26.7 Å². The first-order valence-corrected chi connectivity index (χ1v) is 12.3. The van der Waals surface area contributed by atoms with E-state index in [4.69, 9.17) is 4.74 Å².